The maximum atomic E-state index is 11.9. The lowest BCUT2D eigenvalue weighted by Gasteiger charge is -2.20. The normalized spacial score (nSPS) is 22.5. The molecule has 0 spiro atoms. The van der Waals surface area contributed by atoms with Gasteiger partial charge in [-0.1, -0.05) is 0 Å². The van der Waals surface area contributed by atoms with Gasteiger partial charge in [0.05, 0.1) is 0 Å². The SMILES string of the molecule is CC(N)CS(=O)C(C)C(=O)N1CCCC1. The molecule has 1 saturated heterocycles. The van der Waals surface area contributed by atoms with Gasteiger partial charge in [0.25, 0.3) is 0 Å². The van der Waals surface area contributed by atoms with Gasteiger partial charge in [-0.25, -0.2) is 0 Å². The van der Waals surface area contributed by atoms with Gasteiger partial charge in [0.15, 0.2) is 0 Å². The number of hydrogen-bond acceptors (Lipinski definition) is 3. The van der Waals surface area contributed by atoms with Crippen LogP contribution in [-0.2, 0) is 15.6 Å². The molecule has 4 nitrogen and oxygen atoms in total. The summed E-state index contributed by atoms with van der Waals surface area (Å²) in [5, 5.41) is -0.408. The Bertz CT molecular complexity index is 250. The summed E-state index contributed by atoms with van der Waals surface area (Å²) in [6.07, 6.45) is 2.14. The Morgan fingerprint density at radius 1 is 1.40 bits per heavy atom. The van der Waals surface area contributed by atoms with Crippen molar-refractivity contribution in [2.75, 3.05) is 18.8 Å². The first-order valence-electron chi connectivity index (χ1n) is 5.44. The standard InChI is InChI=1S/C10H20N2O2S/c1-8(11)7-15(14)9(2)10(13)12-5-3-4-6-12/h8-9H,3-7,11H2,1-2H3. The molecule has 5 heteroatoms. The number of likely N-dealkylation sites (tertiary alicyclic amines) is 1. The van der Waals surface area contributed by atoms with E-state index >= 15 is 0 Å². The molecule has 2 N–H and O–H groups in total. The van der Waals surface area contributed by atoms with Crippen LogP contribution in [0, 0.1) is 0 Å². The van der Waals surface area contributed by atoms with Crippen LogP contribution in [0.1, 0.15) is 26.7 Å². The van der Waals surface area contributed by atoms with Crippen molar-refractivity contribution in [2.45, 2.75) is 38.0 Å². The predicted molar refractivity (Wildman–Crippen MR) is 61.9 cm³/mol. The molecule has 1 fully saturated rings. The van der Waals surface area contributed by atoms with E-state index in [0.29, 0.717) is 5.75 Å². The molecule has 0 bridgehead atoms. The van der Waals surface area contributed by atoms with E-state index in [4.69, 9.17) is 5.73 Å². The number of carbonyl (C=O) groups excluding carboxylic acids is 1. The van der Waals surface area contributed by atoms with Crippen LogP contribution in [-0.4, -0.2) is 45.2 Å². The van der Waals surface area contributed by atoms with Crippen LogP contribution in [0.2, 0.25) is 0 Å². The Labute approximate surface area is 93.7 Å². The van der Waals surface area contributed by atoms with Gasteiger partial charge in [-0.15, -0.1) is 0 Å². The second-order valence-electron chi connectivity index (χ2n) is 4.20. The van der Waals surface area contributed by atoms with Crippen molar-refractivity contribution in [1.29, 1.82) is 0 Å². The molecule has 0 saturated carbocycles. The van der Waals surface area contributed by atoms with Crippen LogP contribution >= 0.6 is 0 Å². The van der Waals surface area contributed by atoms with Crippen molar-refractivity contribution < 1.29 is 9.00 Å². The second kappa shape index (κ2) is 5.61. The Morgan fingerprint density at radius 2 is 1.93 bits per heavy atom. The quantitative estimate of drug-likeness (QED) is 0.747. The highest BCUT2D eigenvalue weighted by atomic mass is 32.2. The Balaban J connectivity index is 2.47. The summed E-state index contributed by atoms with van der Waals surface area (Å²) in [7, 11) is -1.14. The molecule has 1 aliphatic rings. The van der Waals surface area contributed by atoms with Crippen molar-refractivity contribution in [3.05, 3.63) is 0 Å². The highest BCUT2D eigenvalue weighted by Crippen LogP contribution is 2.11. The number of nitrogens with zero attached hydrogens (tertiary/aromatic N) is 1. The van der Waals surface area contributed by atoms with Gasteiger partial charge in [0.2, 0.25) is 5.91 Å². The summed E-state index contributed by atoms with van der Waals surface area (Å²) in [5.41, 5.74) is 5.57. The highest BCUT2D eigenvalue weighted by molar-refractivity contribution is 7.86. The largest absolute Gasteiger partial charge is 0.342 e. The summed E-state index contributed by atoms with van der Waals surface area (Å²) in [5.74, 6) is 0.423. The average Bonchev–Trinajstić information content (AvgIpc) is 2.67. The Morgan fingerprint density at radius 3 is 2.40 bits per heavy atom. The first-order valence-corrected chi connectivity index (χ1v) is 6.82. The van der Waals surface area contributed by atoms with E-state index in [1.807, 2.05) is 11.8 Å². The molecule has 1 heterocycles. The molecule has 1 amide bonds. The minimum absolute atomic E-state index is 0.0199. The molecule has 0 aliphatic carbocycles. The molecule has 0 aromatic rings. The Hall–Kier alpha value is -0.420. The predicted octanol–water partition coefficient (Wildman–Crippen LogP) is 0.0932. The summed E-state index contributed by atoms with van der Waals surface area (Å²) in [6.45, 7) is 5.18. The zero-order valence-corrected chi connectivity index (χ0v) is 10.3. The third kappa shape index (κ3) is 3.57. The van der Waals surface area contributed by atoms with Gasteiger partial charge >= 0.3 is 0 Å². The average molecular weight is 232 g/mol. The van der Waals surface area contributed by atoms with Crippen LogP contribution in [0.25, 0.3) is 0 Å². The fourth-order valence-electron chi connectivity index (χ4n) is 1.71. The van der Waals surface area contributed by atoms with Gasteiger partial charge in [0, 0.05) is 35.7 Å². The van der Waals surface area contributed by atoms with E-state index in [1.165, 1.54) is 0 Å². The molecule has 3 unspecified atom stereocenters. The number of carbonyl (C=O) groups is 1. The number of rotatable bonds is 4. The zero-order valence-electron chi connectivity index (χ0n) is 9.44. The minimum Gasteiger partial charge on any atom is -0.342 e. The van der Waals surface area contributed by atoms with Gasteiger partial charge < -0.3 is 10.6 Å². The fraction of sp³-hybridized carbons (Fsp3) is 0.900. The lowest BCUT2D eigenvalue weighted by atomic mass is 10.4. The van der Waals surface area contributed by atoms with Crippen LogP contribution in [0.3, 0.4) is 0 Å². The molecule has 0 radical (unpaired) electrons. The lowest BCUT2D eigenvalue weighted by molar-refractivity contribution is -0.129. The number of amides is 1. The summed E-state index contributed by atoms with van der Waals surface area (Å²) >= 11 is 0. The van der Waals surface area contributed by atoms with Crippen molar-refractivity contribution in [3.63, 3.8) is 0 Å². The molecule has 0 aromatic carbocycles. The molecular formula is C10H20N2O2S. The van der Waals surface area contributed by atoms with E-state index in [9.17, 15) is 9.00 Å². The summed E-state index contributed by atoms with van der Waals surface area (Å²) in [4.78, 5) is 13.7. The molecule has 88 valence electrons. The second-order valence-corrected chi connectivity index (χ2v) is 6.00. The lowest BCUT2D eigenvalue weighted by Crippen LogP contribution is -2.40. The minimum atomic E-state index is -1.14. The smallest absolute Gasteiger partial charge is 0.238 e. The maximum absolute atomic E-state index is 11.9. The van der Waals surface area contributed by atoms with E-state index in [2.05, 4.69) is 0 Å². The van der Waals surface area contributed by atoms with Gasteiger partial charge in [-0.3, -0.25) is 9.00 Å². The molecule has 1 aliphatic heterocycles. The fourth-order valence-corrected chi connectivity index (χ4v) is 2.89. The van der Waals surface area contributed by atoms with Crippen LogP contribution in [0.15, 0.2) is 0 Å². The van der Waals surface area contributed by atoms with Crippen LogP contribution in [0.5, 0.6) is 0 Å². The summed E-state index contributed by atoms with van der Waals surface area (Å²) in [6, 6.07) is -0.111. The van der Waals surface area contributed by atoms with Gasteiger partial charge in [0.1, 0.15) is 5.25 Å². The molecule has 1 rings (SSSR count). The van der Waals surface area contributed by atoms with Crippen molar-refractivity contribution in [1.82, 2.24) is 4.90 Å². The van der Waals surface area contributed by atoms with Crippen molar-refractivity contribution >= 4 is 16.7 Å². The number of nitrogens with two attached hydrogens (primary N) is 1. The highest BCUT2D eigenvalue weighted by Gasteiger charge is 2.27. The van der Waals surface area contributed by atoms with Crippen LogP contribution in [0.4, 0.5) is 0 Å². The van der Waals surface area contributed by atoms with E-state index in [-0.39, 0.29) is 11.9 Å². The number of hydrogen-bond donors (Lipinski definition) is 1. The molecular weight excluding hydrogens is 212 g/mol. The van der Waals surface area contributed by atoms with E-state index in [0.717, 1.165) is 25.9 Å². The van der Waals surface area contributed by atoms with Gasteiger partial charge in [-0.2, -0.15) is 0 Å². The Kier molecular flexibility index (Phi) is 4.73. The summed E-state index contributed by atoms with van der Waals surface area (Å²) < 4.78 is 11.7. The van der Waals surface area contributed by atoms with Crippen molar-refractivity contribution in [3.8, 4) is 0 Å². The molecule has 3 atom stereocenters. The molecule has 0 aromatic heterocycles. The zero-order chi connectivity index (χ0) is 11.4. The van der Waals surface area contributed by atoms with E-state index < -0.39 is 16.0 Å². The van der Waals surface area contributed by atoms with Crippen LogP contribution < -0.4 is 5.73 Å². The third-order valence-electron chi connectivity index (χ3n) is 2.59. The van der Waals surface area contributed by atoms with Crippen molar-refractivity contribution in [2.24, 2.45) is 5.73 Å². The topological polar surface area (TPSA) is 63.4 Å². The van der Waals surface area contributed by atoms with Gasteiger partial charge in [-0.05, 0) is 26.7 Å². The molecule has 15 heavy (non-hydrogen) atoms. The first kappa shape index (κ1) is 12.6. The monoisotopic (exact) mass is 232 g/mol. The first-order chi connectivity index (χ1) is 7.02. The van der Waals surface area contributed by atoms with E-state index in [1.54, 1.807) is 6.92 Å². The maximum Gasteiger partial charge on any atom is 0.238 e. The third-order valence-corrected chi connectivity index (χ3v) is 4.43.